The van der Waals surface area contributed by atoms with E-state index in [0.717, 1.165) is 19.9 Å². The van der Waals surface area contributed by atoms with Gasteiger partial charge in [0, 0.05) is 52.0 Å². The van der Waals surface area contributed by atoms with Crippen LogP contribution in [0.25, 0.3) is 0 Å². The molecule has 0 fully saturated rings. The van der Waals surface area contributed by atoms with Crippen LogP contribution in [0.4, 0.5) is 0 Å². The molecule has 21 heavy (non-hydrogen) atoms. The average molecular weight is 296 g/mol. The van der Waals surface area contributed by atoms with Gasteiger partial charge in [0.2, 0.25) is 0 Å². The van der Waals surface area contributed by atoms with E-state index in [1.165, 1.54) is 32.2 Å². The first-order valence-corrected chi connectivity index (χ1v) is 8.01. The second-order valence-corrected chi connectivity index (χ2v) is 5.80. The molecule has 0 saturated carbocycles. The van der Waals surface area contributed by atoms with Gasteiger partial charge in [0.1, 0.15) is 0 Å². The molecular weight excluding hydrogens is 264 g/mol. The molecule has 0 amide bonds. The lowest BCUT2D eigenvalue weighted by atomic mass is 10.2. The summed E-state index contributed by atoms with van der Waals surface area (Å²) in [6.45, 7) is 6.43. The zero-order valence-electron chi connectivity index (χ0n) is 13.9. The highest BCUT2D eigenvalue weighted by Gasteiger charge is 2.06. The third-order valence-corrected chi connectivity index (χ3v) is 3.56. The van der Waals surface area contributed by atoms with Gasteiger partial charge in [0.15, 0.2) is 0 Å². The van der Waals surface area contributed by atoms with Gasteiger partial charge in [-0.1, -0.05) is 26.2 Å². The Morgan fingerprint density at radius 3 is 1.81 bits per heavy atom. The van der Waals surface area contributed by atoms with Gasteiger partial charge >= 0.3 is 0 Å². The topological polar surface area (TPSA) is 33.2 Å². The van der Waals surface area contributed by atoms with E-state index < -0.39 is 0 Å². The Labute approximate surface area is 130 Å². The molecule has 1 N–H and O–H groups in total. The van der Waals surface area contributed by atoms with Crippen molar-refractivity contribution in [2.24, 2.45) is 0 Å². The SMILES string of the molecule is CCCCCCN1C=CN(C)C1.CN1C=CN(CCO)C1. The van der Waals surface area contributed by atoms with Gasteiger partial charge in [0.05, 0.1) is 19.9 Å². The Bertz CT molecular complexity index is 319. The maximum absolute atomic E-state index is 8.52. The van der Waals surface area contributed by atoms with Crippen molar-refractivity contribution in [1.29, 1.82) is 0 Å². The summed E-state index contributed by atoms with van der Waals surface area (Å²) in [7, 11) is 4.12. The third kappa shape index (κ3) is 7.85. The van der Waals surface area contributed by atoms with Crippen molar-refractivity contribution in [3.63, 3.8) is 0 Å². The van der Waals surface area contributed by atoms with Gasteiger partial charge in [-0.15, -0.1) is 0 Å². The van der Waals surface area contributed by atoms with Crippen molar-refractivity contribution >= 4 is 0 Å². The maximum Gasteiger partial charge on any atom is 0.0891 e. The van der Waals surface area contributed by atoms with Gasteiger partial charge in [-0.25, -0.2) is 0 Å². The number of rotatable bonds is 7. The predicted octanol–water partition coefficient (Wildman–Crippen LogP) is 1.90. The highest BCUT2D eigenvalue weighted by molar-refractivity contribution is 4.88. The highest BCUT2D eigenvalue weighted by Crippen LogP contribution is 2.06. The van der Waals surface area contributed by atoms with Crippen molar-refractivity contribution in [2.75, 3.05) is 47.1 Å². The number of nitrogens with zero attached hydrogens (tertiary/aromatic N) is 4. The monoisotopic (exact) mass is 296 g/mol. The van der Waals surface area contributed by atoms with Gasteiger partial charge < -0.3 is 24.7 Å². The van der Waals surface area contributed by atoms with E-state index in [-0.39, 0.29) is 6.61 Å². The molecule has 0 bridgehead atoms. The van der Waals surface area contributed by atoms with Crippen molar-refractivity contribution < 1.29 is 5.11 Å². The molecule has 0 aromatic rings. The Balaban J connectivity index is 0.000000219. The normalized spacial score (nSPS) is 16.8. The molecule has 0 saturated heterocycles. The number of aliphatic hydroxyl groups excluding tert-OH is 1. The minimum absolute atomic E-state index is 0.234. The molecule has 0 unspecified atom stereocenters. The lowest BCUT2D eigenvalue weighted by Gasteiger charge is -2.17. The first-order chi connectivity index (χ1) is 10.2. The minimum Gasteiger partial charge on any atom is -0.395 e. The van der Waals surface area contributed by atoms with Crippen LogP contribution < -0.4 is 0 Å². The predicted molar refractivity (Wildman–Crippen MR) is 88.2 cm³/mol. The van der Waals surface area contributed by atoms with Crippen molar-refractivity contribution in [1.82, 2.24) is 19.6 Å². The smallest absolute Gasteiger partial charge is 0.0891 e. The van der Waals surface area contributed by atoms with Crippen LogP contribution >= 0.6 is 0 Å². The number of β-amino-alcohol motifs (C(OH)–C–C–N with tert-alkyl or cyclic N) is 1. The summed E-state index contributed by atoms with van der Waals surface area (Å²) in [5, 5.41) is 8.52. The van der Waals surface area contributed by atoms with E-state index in [9.17, 15) is 0 Å². The Hall–Kier alpha value is -1.36. The number of hydrogen-bond acceptors (Lipinski definition) is 5. The molecule has 122 valence electrons. The van der Waals surface area contributed by atoms with Crippen LogP contribution in [0.1, 0.15) is 32.6 Å². The third-order valence-electron chi connectivity index (χ3n) is 3.56. The fourth-order valence-corrected chi connectivity index (χ4v) is 2.34. The molecule has 5 nitrogen and oxygen atoms in total. The van der Waals surface area contributed by atoms with Crippen LogP contribution in [0.3, 0.4) is 0 Å². The summed E-state index contributed by atoms with van der Waals surface area (Å²) in [5.74, 6) is 0. The van der Waals surface area contributed by atoms with E-state index in [4.69, 9.17) is 5.11 Å². The number of aliphatic hydroxyl groups is 1. The first kappa shape index (κ1) is 17.7. The van der Waals surface area contributed by atoms with E-state index in [1.807, 2.05) is 19.4 Å². The molecule has 2 aliphatic heterocycles. The standard InChI is InChI=1S/C10H20N2.C6H12N2O/c1-3-4-5-6-7-12-9-8-11(2)10-12;1-7-2-3-8(6-7)4-5-9/h8-9H,3-7,10H2,1-2H3;2-3,9H,4-6H2,1H3. The van der Waals surface area contributed by atoms with Crippen molar-refractivity contribution in [2.45, 2.75) is 32.6 Å². The molecule has 2 rings (SSSR count). The number of hydrogen-bond donors (Lipinski definition) is 1. The quantitative estimate of drug-likeness (QED) is 0.726. The van der Waals surface area contributed by atoms with E-state index in [0.29, 0.717) is 0 Å². The summed E-state index contributed by atoms with van der Waals surface area (Å²) >= 11 is 0. The lowest BCUT2D eigenvalue weighted by Crippen LogP contribution is -2.24. The van der Waals surface area contributed by atoms with Crippen LogP contribution in [0, 0.1) is 0 Å². The molecule has 2 aliphatic rings. The minimum atomic E-state index is 0.234. The van der Waals surface area contributed by atoms with Crippen LogP contribution in [-0.2, 0) is 0 Å². The fourth-order valence-electron chi connectivity index (χ4n) is 2.34. The second kappa shape index (κ2) is 10.4. The van der Waals surface area contributed by atoms with Gasteiger partial charge in [-0.3, -0.25) is 0 Å². The summed E-state index contributed by atoms with van der Waals surface area (Å²) in [6.07, 6.45) is 13.7. The zero-order valence-corrected chi connectivity index (χ0v) is 13.9. The second-order valence-electron chi connectivity index (χ2n) is 5.80. The molecule has 0 aromatic carbocycles. The molecule has 0 aliphatic carbocycles. The van der Waals surface area contributed by atoms with Crippen LogP contribution in [0.5, 0.6) is 0 Å². The molecule has 0 spiro atoms. The zero-order chi connectivity index (χ0) is 15.5. The van der Waals surface area contributed by atoms with Crippen LogP contribution in [0.2, 0.25) is 0 Å². The lowest BCUT2D eigenvalue weighted by molar-refractivity contribution is 0.217. The Morgan fingerprint density at radius 1 is 0.810 bits per heavy atom. The number of unbranched alkanes of at least 4 members (excludes halogenated alkanes) is 3. The molecular formula is C16H32N4O. The summed E-state index contributed by atoms with van der Waals surface area (Å²) in [4.78, 5) is 8.70. The summed E-state index contributed by atoms with van der Waals surface area (Å²) in [6, 6.07) is 0. The van der Waals surface area contributed by atoms with Gasteiger partial charge in [-0.05, 0) is 6.42 Å². The average Bonchev–Trinajstić information content (AvgIpc) is 3.05. The molecule has 5 heteroatoms. The highest BCUT2D eigenvalue weighted by atomic mass is 16.3. The van der Waals surface area contributed by atoms with Crippen LogP contribution in [-0.4, -0.2) is 71.8 Å². The molecule has 0 aromatic heterocycles. The van der Waals surface area contributed by atoms with Crippen molar-refractivity contribution in [3.05, 3.63) is 24.8 Å². The summed E-state index contributed by atoms with van der Waals surface area (Å²) < 4.78 is 0. The molecule has 0 atom stereocenters. The Morgan fingerprint density at radius 2 is 1.38 bits per heavy atom. The molecule has 2 heterocycles. The Kier molecular flexibility index (Phi) is 8.74. The van der Waals surface area contributed by atoms with Crippen molar-refractivity contribution in [3.8, 4) is 0 Å². The van der Waals surface area contributed by atoms with E-state index >= 15 is 0 Å². The van der Waals surface area contributed by atoms with E-state index in [1.54, 1.807) is 0 Å². The van der Waals surface area contributed by atoms with Gasteiger partial charge in [-0.2, -0.15) is 0 Å². The first-order valence-electron chi connectivity index (χ1n) is 8.01. The fraction of sp³-hybridized carbons (Fsp3) is 0.750. The maximum atomic E-state index is 8.52. The summed E-state index contributed by atoms with van der Waals surface area (Å²) in [5.41, 5.74) is 0. The molecule has 0 radical (unpaired) electrons. The van der Waals surface area contributed by atoms with Crippen LogP contribution in [0.15, 0.2) is 24.8 Å². The van der Waals surface area contributed by atoms with E-state index in [2.05, 4.69) is 46.0 Å². The van der Waals surface area contributed by atoms with Gasteiger partial charge in [0.25, 0.3) is 0 Å². The largest absolute Gasteiger partial charge is 0.395 e.